The van der Waals surface area contributed by atoms with Crippen molar-refractivity contribution in [2.75, 3.05) is 18.1 Å². The molecule has 8 aliphatic rings. The van der Waals surface area contributed by atoms with Crippen LogP contribution in [0.3, 0.4) is 0 Å². The Labute approximate surface area is 349 Å². The van der Waals surface area contributed by atoms with Gasteiger partial charge in [-0.1, -0.05) is 39.0 Å². The highest BCUT2D eigenvalue weighted by molar-refractivity contribution is 7.99. The Bertz CT molecular complexity index is 1620. The highest BCUT2D eigenvalue weighted by Crippen LogP contribution is 2.59. The molecule has 6 fully saturated rings. The Morgan fingerprint density at radius 3 is 2.50 bits per heavy atom. The summed E-state index contributed by atoms with van der Waals surface area (Å²) >= 11 is 1.35. The average Bonchev–Trinajstić information content (AvgIpc) is 3.65. The quantitative estimate of drug-likeness (QED) is 0.196. The van der Waals surface area contributed by atoms with Crippen LogP contribution in [0.25, 0.3) is 0 Å². The summed E-state index contributed by atoms with van der Waals surface area (Å²) in [6.45, 7) is 13.9. The Kier molecular flexibility index (Phi) is 12.2. The van der Waals surface area contributed by atoms with Gasteiger partial charge >= 0.3 is 5.97 Å². The maximum absolute atomic E-state index is 12.0. The number of hydrogen-bond donors (Lipinski definition) is 5. The van der Waals surface area contributed by atoms with Crippen LogP contribution in [0.4, 0.5) is 0 Å². The SMILES string of the molecule is C=C1CCCC2=NC[C@H](C)[C@@H](C)C[C@@]23CCC([C@H](O)CSC[C@@H](N)C(=O)O)=C[C@@H]3[C@@H]2O[C@]3(C[C@H]4CCC[C@@]5(CC[C@@]6(O[C@@H](CC[C@@]6(C)O)C1)O5)O4)C[C@@H](C)[C@@H](O)[C@H]2O3. The van der Waals surface area contributed by atoms with Crippen molar-refractivity contribution < 1.29 is 48.9 Å². The smallest absolute Gasteiger partial charge is 0.321 e. The number of nitrogens with two attached hydrogens (primary N) is 1. The molecular weight excluding hydrogens is 761 g/mol. The predicted molar refractivity (Wildman–Crippen MR) is 221 cm³/mol. The summed E-state index contributed by atoms with van der Waals surface area (Å²) in [4.78, 5) is 16.9. The molecule has 58 heavy (non-hydrogen) atoms. The third-order valence-corrected chi connectivity index (χ3v) is 16.9. The van der Waals surface area contributed by atoms with Crippen molar-refractivity contribution in [1.29, 1.82) is 0 Å². The Morgan fingerprint density at radius 1 is 0.914 bits per heavy atom. The van der Waals surface area contributed by atoms with Crippen molar-refractivity contribution in [3.8, 4) is 0 Å². The molecule has 0 unspecified atom stereocenters. The summed E-state index contributed by atoms with van der Waals surface area (Å²) < 4.78 is 35.2. The molecule has 16 atom stereocenters. The first kappa shape index (κ1) is 43.3. The number of fused-ring (bicyclic) bond motifs is 6. The number of hydrogen-bond acceptors (Lipinski definition) is 12. The van der Waals surface area contributed by atoms with Crippen molar-refractivity contribution in [2.24, 2.45) is 39.8 Å². The Balaban J connectivity index is 1.18. The van der Waals surface area contributed by atoms with Gasteiger partial charge in [0.25, 0.3) is 0 Å². The van der Waals surface area contributed by atoms with Crippen molar-refractivity contribution in [3.05, 3.63) is 23.8 Å². The number of rotatable bonds is 6. The van der Waals surface area contributed by atoms with Gasteiger partial charge in [0.05, 0.1) is 30.5 Å². The third kappa shape index (κ3) is 8.05. The van der Waals surface area contributed by atoms with Crippen LogP contribution < -0.4 is 5.73 Å². The standard InChI is InChI=1S/C45H70N2O10S/c1-26-8-6-10-36-42(20-27(2)29(4)23-47-36)15-11-30(35(48)25-58-24-34(46)40(50)51)19-33(42)38-39-37(49)28(3)21-44(55-38,56-39)22-32-9-7-13-43(53-32)16-17-45(57-43)41(5,52)14-12-31(18-26)54-45/h19,27-29,31-35,37-39,48-49,52H,1,6-18,20-25,46H2,2-5H3,(H,50,51)/t27-,28+,29-,31-,32+,33+,34+,35+,37+,38-,39+,41+,42+,43+,44+,45+/m0/s1. The minimum absolute atomic E-state index is 0.0801. The first-order valence-electron chi connectivity index (χ1n) is 22.4. The lowest BCUT2D eigenvalue weighted by molar-refractivity contribution is -0.403. The van der Waals surface area contributed by atoms with E-state index in [0.717, 1.165) is 75.5 Å². The lowest BCUT2D eigenvalue weighted by atomic mass is 9.57. The Hall–Kier alpha value is -1.39. The van der Waals surface area contributed by atoms with Crippen LogP contribution in [-0.2, 0) is 28.5 Å². The molecular formula is C45H70N2O10S. The number of carbonyl (C=O) groups is 1. The van der Waals surface area contributed by atoms with E-state index in [1.54, 1.807) is 0 Å². The maximum atomic E-state index is 12.0. The topological polar surface area (TPSA) is 183 Å². The summed E-state index contributed by atoms with van der Waals surface area (Å²) in [6, 6.07) is -0.995. The predicted octanol–water partition coefficient (Wildman–Crippen LogP) is 6.04. The van der Waals surface area contributed by atoms with Crippen LogP contribution in [-0.4, -0.2) is 116 Å². The van der Waals surface area contributed by atoms with Crippen molar-refractivity contribution in [3.63, 3.8) is 0 Å². The lowest BCUT2D eigenvalue weighted by Gasteiger charge is -2.50. The zero-order chi connectivity index (χ0) is 41.3. The molecule has 4 spiro atoms. The van der Waals surface area contributed by atoms with E-state index in [4.69, 9.17) is 34.4 Å². The van der Waals surface area contributed by atoms with Gasteiger partial charge in [0.1, 0.15) is 17.7 Å². The molecule has 0 aromatic heterocycles. The molecule has 326 valence electrons. The second-order valence-corrected chi connectivity index (χ2v) is 21.2. The average molecular weight is 831 g/mol. The zero-order valence-electron chi connectivity index (χ0n) is 35.2. The number of carboxylic acids is 1. The first-order chi connectivity index (χ1) is 27.5. The number of aliphatic hydroxyl groups excluding tert-OH is 2. The zero-order valence-corrected chi connectivity index (χ0v) is 36.1. The summed E-state index contributed by atoms with van der Waals surface area (Å²) in [5.74, 6) is -3.07. The van der Waals surface area contributed by atoms with Crippen LogP contribution in [0, 0.1) is 29.1 Å². The number of nitrogens with zero attached hydrogens (tertiary/aromatic N) is 1. The van der Waals surface area contributed by atoms with Gasteiger partial charge in [-0.15, -0.1) is 0 Å². The maximum Gasteiger partial charge on any atom is 0.321 e. The fourth-order valence-corrected chi connectivity index (χ4v) is 13.1. The van der Waals surface area contributed by atoms with Gasteiger partial charge in [0, 0.05) is 67.2 Å². The summed E-state index contributed by atoms with van der Waals surface area (Å²) in [5.41, 5.74) is 7.50. The number of aliphatic hydroxyl groups is 3. The van der Waals surface area contributed by atoms with Gasteiger partial charge in [0.2, 0.25) is 5.79 Å². The van der Waals surface area contributed by atoms with Crippen LogP contribution in [0.1, 0.15) is 130 Å². The molecule has 0 aromatic carbocycles. The summed E-state index contributed by atoms with van der Waals surface area (Å²) in [6.07, 6.45) is 10.8. The number of carboxylic acid groups (broad SMARTS) is 1. The third-order valence-electron chi connectivity index (χ3n) is 15.7. The number of aliphatic carboxylic acids is 1. The van der Waals surface area contributed by atoms with Gasteiger partial charge in [-0.3, -0.25) is 9.79 Å². The molecule has 7 heterocycles. The molecule has 0 radical (unpaired) electrons. The van der Waals surface area contributed by atoms with Crippen LogP contribution >= 0.6 is 11.8 Å². The molecule has 0 amide bonds. The highest BCUT2D eigenvalue weighted by atomic mass is 32.2. The molecule has 0 saturated carbocycles. The number of aliphatic imine (C=N–C) groups is 1. The lowest BCUT2D eigenvalue weighted by Crippen LogP contribution is -2.60. The summed E-state index contributed by atoms with van der Waals surface area (Å²) in [5, 5.41) is 44.8. The van der Waals surface area contributed by atoms with E-state index in [-0.39, 0.29) is 35.2 Å². The van der Waals surface area contributed by atoms with E-state index in [2.05, 4.69) is 33.4 Å². The van der Waals surface area contributed by atoms with Crippen molar-refractivity contribution in [2.45, 2.75) is 196 Å². The molecule has 12 nitrogen and oxygen atoms in total. The molecule has 13 heteroatoms. The second-order valence-electron chi connectivity index (χ2n) is 20.1. The monoisotopic (exact) mass is 830 g/mol. The minimum Gasteiger partial charge on any atom is -0.480 e. The normalized spacial score (nSPS) is 48.1. The van der Waals surface area contributed by atoms with Gasteiger partial charge in [-0.2, -0.15) is 11.8 Å². The van der Waals surface area contributed by atoms with Crippen molar-refractivity contribution in [1.82, 2.24) is 0 Å². The van der Waals surface area contributed by atoms with Crippen LogP contribution in [0.15, 0.2) is 28.8 Å². The van der Waals surface area contributed by atoms with E-state index in [1.807, 2.05) is 6.92 Å². The first-order valence-corrected chi connectivity index (χ1v) is 23.6. The largest absolute Gasteiger partial charge is 0.480 e. The fraction of sp³-hybridized carbons (Fsp3) is 0.867. The molecule has 6 saturated heterocycles. The number of ether oxygens (including phenoxy) is 5. The van der Waals surface area contributed by atoms with E-state index < -0.39 is 59.4 Å². The molecule has 7 aliphatic heterocycles. The van der Waals surface area contributed by atoms with E-state index in [9.17, 15) is 25.2 Å². The minimum atomic E-state index is -1.16. The van der Waals surface area contributed by atoms with Gasteiger partial charge in [-0.05, 0) is 101 Å². The molecule has 8 rings (SSSR count). The van der Waals surface area contributed by atoms with Crippen molar-refractivity contribution >= 4 is 23.4 Å². The molecule has 1 aliphatic carbocycles. The Morgan fingerprint density at radius 2 is 1.71 bits per heavy atom. The second kappa shape index (κ2) is 16.4. The summed E-state index contributed by atoms with van der Waals surface area (Å²) in [7, 11) is 0. The van der Waals surface area contributed by atoms with Crippen LogP contribution in [0.5, 0.6) is 0 Å². The van der Waals surface area contributed by atoms with Gasteiger partial charge < -0.3 is 49.8 Å². The van der Waals surface area contributed by atoms with E-state index in [0.29, 0.717) is 62.5 Å². The molecule has 6 N–H and O–H groups in total. The molecule has 0 aromatic rings. The highest BCUT2D eigenvalue weighted by Gasteiger charge is 2.66. The fourth-order valence-electron chi connectivity index (χ4n) is 12.1. The molecule has 7 bridgehead atoms. The van der Waals surface area contributed by atoms with Gasteiger partial charge in [0.15, 0.2) is 11.6 Å². The van der Waals surface area contributed by atoms with Gasteiger partial charge in [-0.25, -0.2) is 0 Å². The van der Waals surface area contributed by atoms with E-state index in [1.165, 1.54) is 17.5 Å². The van der Waals surface area contributed by atoms with Crippen LogP contribution in [0.2, 0.25) is 0 Å². The number of thioether (sulfide) groups is 1. The van der Waals surface area contributed by atoms with E-state index >= 15 is 0 Å².